The predicted molar refractivity (Wildman–Crippen MR) is 74.6 cm³/mol. The SMILES string of the molecule is CCS(=O)(=O)c1cc(=O)[nH]nc1-c1ccc(OC)cc1. The normalized spacial score (nSPS) is 11.3. The van der Waals surface area contributed by atoms with Crippen LogP contribution in [0, 0.1) is 0 Å². The fourth-order valence-corrected chi connectivity index (χ4v) is 2.79. The summed E-state index contributed by atoms with van der Waals surface area (Å²) in [5.74, 6) is 0.555. The molecule has 1 heterocycles. The highest BCUT2D eigenvalue weighted by molar-refractivity contribution is 7.91. The zero-order valence-corrected chi connectivity index (χ0v) is 11.9. The number of methoxy groups -OCH3 is 1. The third-order valence-electron chi connectivity index (χ3n) is 2.85. The molecule has 2 rings (SSSR count). The topological polar surface area (TPSA) is 89.1 Å². The Morgan fingerprint density at radius 1 is 1.25 bits per heavy atom. The van der Waals surface area contributed by atoms with E-state index in [1.54, 1.807) is 31.4 Å². The van der Waals surface area contributed by atoms with Gasteiger partial charge in [0, 0.05) is 11.6 Å². The van der Waals surface area contributed by atoms with Crippen molar-refractivity contribution in [3.8, 4) is 17.0 Å². The highest BCUT2D eigenvalue weighted by Gasteiger charge is 2.20. The largest absolute Gasteiger partial charge is 0.497 e. The monoisotopic (exact) mass is 294 g/mol. The summed E-state index contributed by atoms with van der Waals surface area (Å²) in [5, 5.41) is 6.12. The Kier molecular flexibility index (Phi) is 3.89. The number of ether oxygens (including phenoxy) is 1. The minimum absolute atomic E-state index is 0.0612. The Balaban J connectivity index is 2.64. The molecule has 0 aliphatic rings. The molecule has 1 aromatic carbocycles. The molecule has 0 saturated carbocycles. The Labute approximate surface area is 116 Å². The van der Waals surface area contributed by atoms with Gasteiger partial charge in [0.15, 0.2) is 9.84 Å². The maximum Gasteiger partial charge on any atom is 0.265 e. The number of hydrogen-bond acceptors (Lipinski definition) is 5. The third kappa shape index (κ3) is 2.72. The van der Waals surface area contributed by atoms with Gasteiger partial charge in [0.1, 0.15) is 16.3 Å². The average Bonchev–Trinajstić information content (AvgIpc) is 2.47. The Morgan fingerprint density at radius 3 is 2.45 bits per heavy atom. The summed E-state index contributed by atoms with van der Waals surface area (Å²) in [5.41, 5.74) is 0.275. The van der Waals surface area contributed by atoms with Gasteiger partial charge in [0.25, 0.3) is 5.56 Å². The van der Waals surface area contributed by atoms with Gasteiger partial charge >= 0.3 is 0 Å². The maximum absolute atomic E-state index is 12.1. The van der Waals surface area contributed by atoms with E-state index in [1.165, 1.54) is 6.92 Å². The van der Waals surface area contributed by atoms with E-state index in [2.05, 4.69) is 10.2 Å². The van der Waals surface area contributed by atoms with Crippen LogP contribution in [0.5, 0.6) is 5.75 Å². The van der Waals surface area contributed by atoms with Crippen LogP contribution < -0.4 is 10.3 Å². The maximum atomic E-state index is 12.1. The lowest BCUT2D eigenvalue weighted by molar-refractivity contribution is 0.415. The van der Waals surface area contributed by atoms with Crippen LogP contribution in [0.3, 0.4) is 0 Å². The Morgan fingerprint density at radius 2 is 1.90 bits per heavy atom. The predicted octanol–water partition coefficient (Wildman–Crippen LogP) is 1.24. The van der Waals surface area contributed by atoms with Crippen molar-refractivity contribution in [2.45, 2.75) is 11.8 Å². The lowest BCUT2D eigenvalue weighted by Crippen LogP contribution is -2.15. The van der Waals surface area contributed by atoms with Crippen molar-refractivity contribution in [2.24, 2.45) is 0 Å². The second kappa shape index (κ2) is 5.46. The van der Waals surface area contributed by atoms with Gasteiger partial charge in [-0.05, 0) is 24.3 Å². The molecule has 0 unspecified atom stereocenters. The second-order valence-electron chi connectivity index (χ2n) is 4.08. The highest BCUT2D eigenvalue weighted by Crippen LogP contribution is 2.26. The number of aromatic amines is 1. The smallest absolute Gasteiger partial charge is 0.265 e. The molecule has 2 aromatic rings. The highest BCUT2D eigenvalue weighted by atomic mass is 32.2. The molecule has 0 fully saturated rings. The second-order valence-corrected chi connectivity index (χ2v) is 6.32. The molecule has 0 aliphatic heterocycles. The lowest BCUT2D eigenvalue weighted by Gasteiger charge is -2.08. The van der Waals surface area contributed by atoms with E-state index < -0.39 is 15.4 Å². The van der Waals surface area contributed by atoms with Gasteiger partial charge in [0.2, 0.25) is 0 Å². The van der Waals surface area contributed by atoms with Crippen LogP contribution in [0.1, 0.15) is 6.92 Å². The minimum Gasteiger partial charge on any atom is -0.497 e. The number of benzene rings is 1. The number of sulfone groups is 1. The molecule has 7 heteroatoms. The van der Waals surface area contributed by atoms with Crippen LogP contribution >= 0.6 is 0 Å². The minimum atomic E-state index is -3.53. The summed E-state index contributed by atoms with van der Waals surface area (Å²) in [4.78, 5) is 11.3. The van der Waals surface area contributed by atoms with Gasteiger partial charge in [-0.2, -0.15) is 5.10 Å². The van der Waals surface area contributed by atoms with Crippen LogP contribution in [0.25, 0.3) is 11.3 Å². The molecule has 0 atom stereocenters. The van der Waals surface area contributed by atoms with E-state index in [0.717, 1.165) is 6.07 Å². The first-order valence-corrected chi connectivity index (χ1v) is 7.60. The molecule has 0 radical (unpaired) electrons. The number of nitrogens with one attached hydrogen (secondary N) is 1. The standard InChI is InChI=1S/C13H14N2O4S/c1-3-20(17,18)11-8-12(16)14-15-13(11)9-4-6-10(19-2)7-5-9/h4-8H,3H2,1-2H3,(H,14,16). The fourth-order valence-electron chi connectivity index (χ4n) is 1.73. The number of H-pyrrole nitrogens is 1. The third-order valence-corrected chi connectivity index (χ3v) is 4.59. The van der Waals surface area contributed by atoms with Crippen molar-refractivity contribution in [1.29, 1.82) is 0 Å². The lowest BCUT2D eigenvalue weighted by atomic mass is 10.1. The molecular weight excluding hydrogens is 280 g/mol. The first-order valence-electron chi connectivity index (χ1n) is 5.95. The van der Waals surface area contributed by atoms with E-state index in [1.807, 2.05) is 0 Å². The van der Waals surface area contributed by atoms with E-state index >= 15 is 0 Å². The van der Waals surface area contributed by atoms with Gasteiger partial charge < -0.3 is 4.74 Å². The summed E-state index contributed by atoms with van der Waals surface area (Å²) >= 11 is 0. The molecule has 20 heavy (non-hydrogen) atoms. The van der Waals surface area contributed by atoms with Crippen LogP contribution in [-0.4, -0.2) is 31.5 Å². The number of nitrogens with zero attached hydrogens (tertiary/aromatic N) is 1. The fraction of sp³-hybridized carbons (Fsp3) is 0.231. The molecule has 0 aliphatic carbocycles. The summed E-state index contributed by atoms with van der Waals surface area (Å²) in [7, 11) is -1.99. The summed E-state index contributed by atoms with van der Waals surface area (Å²) in [6.07, 6.45) is 0. The van der Waals surface area contributed by atoms with Gasteiger partial charge in [-0.1, -0.05) is 6.92 Å². The molecule has 106 valence electrons. The van der Waals surface area contributed by atoms with Gasteiger partial charge in [-0.3, -0.25) is 4.79 Å². The molecule has 0 spiro atoms. The number of aromatic nitrogens is 2. The first-order chi connectivity index (χ1) is 9.47. The zero-order chi connectivity index (χ0) is 14.8. The number of rotatable bonds is 4. The van der Waals surface area contributed by atoms with Gasteiger partial charge in [-0.25, -0.2) is 13.5 Å². The summed E-state index contributed by atoms with van der Waals surface area (Å²) < 4.78 is 29.2. The van der Waals surface area contributed by atoms with E-state index in [0.29, 0.717) is 11.3 Å². The Bertz CT molecular complexity index is 764. The average molecular weight is 294 g/mol. The number of hydrogen-bond donors (Lipinski definition) is 1. The van der Waals surface area contributed by atoms with E-state index in [-0.39, 0.29) is 16.3 Å². The van der Waals surface area contributed by atoms with E-state index in [4.69, 9.17) is 4.74 Å². The molecule has 1 N–H and O–H groups in total. The quantitative estimate of drug-likeness (QED) is 0.916. The van der Waals surface area contributed by atoms with Crippen molar-refractivity contribution < 1.29 is 13.2 Å². The van der Waals surface area contributed by atoms with Crippen molar-refractivity contribution in [3.05, 3.63) is 40.7 Å². The zero-order valence-electron chi connectivity index (χ0n) is 11.1. The molecule has 1 aromatic heterocycles. The van der Waals surface area contributed by atoms with Gasteiger partial charge in [0.05, 0.1) is 12.9 Å². The molecule has 0 bridgehead atoms. The Hall–Kier alpha value is -2.15. The molecule has 6 nitrogen and oxygen atoms in total. The van der Waals surface area contributed by atoms with Crippen molar-refractivity contribution in [3.63, 3.8) is 0 Å². The van der Waals surface area contributed by atoms with E-state index in [9.17, 15) is 13.2 Å². The molecular formula is C13H14N2O4S. The summed E-state index contributed by atoms with van der Waals surface area (Å²) in [6, 6.07) is 7.84. The van der Waals surface area contributed by atoms with Crippen LogP contribution in [0.15, 0.2) is 40.0 Å². The first kappa shape index (κ1) is 14.3. The van der Waals surface area contributed by atoms with Crippen LogP contribution in [-0.2, 0) is 9.84 Å². The van der Waals surface area contributed by atoms with Gasteiger partial charge in [-0.15, -0.1) is 0 Å². The molecule has 0 saturated heterocycles. The van der Waals surface area contributed by atoms with Crippen molar-refractivity contribution in [1.82, 2.24) is 10.2 Å². The van der Waals surface area contributed by atoms with Crippen molar-refractivity contribution in [2.75, 3.05) is 12.9 Å². The van der Waals surface area contributed by atoms with Crippen LogP contribution in [0.2, 0.25) is 0 Å². The molecule has 0 amide bonds. The summed E-state index contributed by atoms with van der Waals surface area (Å²) in [6.45, 7) is 1.52. The van der Waals surface area contributed by atoms with Crippen molar-refractivity contribution >= 4 is 9.84 Å². The van der Waals surface area contributed by atoms with Crippen LogP contribution in [0.4, 0.5) is 0 Å².